The lowest BCUT2D eigenvalue weighted by atomic mass is 10.1. The van der Waals surface area contributed by atoms with Gasteiger partial charge in [-0.15, -0.1) is 0 Å². The number of ether oxygens (including phenoxy) is 2. The Balaban J connectivity index is 1.96. The van der Waals surface area contributed by atoms with Crippen LogP contribution in [-0.4, -0.2) is 61.4 Å². The van der Waals surface area contributed by atoms with E-state index in [1.807, 2.05) is 52.2 Å². The highest BCUT2D eigenvalue weighted by molar-refractivity contribution is 5.49. The molecule has 2 rings (SSSR count). The number of aryl methyl sites for hydroxylation is 2. The third kappa shape index (κ3) is 5.53. The molecule has 6 nitrogen and oxygen atoms in total. The standard InChI is InChI=1S/C22H32N2O4/c1-15-9-17(21(25)19(11-15)27-5)13-23(3)7-8-24(4)14-18-10-16(2)12-20(28-6)22(18)26/h9-12,25-26H,7-8,13-14H2,1-6H3. The minimum absolute atomic E-state index is 0.199. The quantitative estimate of drug-likeness (QED) is 0.687. The van der Waals surface area contributed by atoms with Crippen molar-refractivity contribution >= 4 is 0 Å². The average Bonchev–Trinajstić information content (AvgIpc) is 2.65. The van der Waals surface area contributed by atoms with Gasteiger partial charge in [0.05, 0.1) is 14.2 Å². The van der Waals surface area contributed by atoms with E-state index in [9.17, 15) is 10.2 Å². The third-order valence-corrected chi connectivity index (χ3v) is 4.78. The van der Waals surface area contributed by atoms with Gasteiger partial charge in [0, 0.05) is 37.3 Å². The van der Waals surface area contributed by atoms with Crippen LogP contribution in [0.2, 0.25) is 0 Å². The van der Waals surface area contributed by atoms with E-state index >= 15 is 0 Å². The van der Waals surface area contributed by atoms with Crippen LogP contribution in [0.25, 0.3) is 0 Å². The van der Waals surface area contributed by atoms with Crippen LogP contribution >= 0.6 is 0 Å². The number of hydrogen-bond acceptors (Lipinski definition) is 6. The summed E-state index contributed by atoms with van der Waals surface area (Å²) in [6.45, 7) is 6.86. The van der Waals surface area contributed by atoms with Gasteiger partial charge in [-0.2, -0.15) is 0 Å². The molecule has 0 aliphatic rings. The summed E-state index contributed by atoms with van der Waals surface area (Å²) in [5.41, 5.74) is 3.81. The van der Waals surface area contributed by atoms with E-state index < -0.39 is 0 Å². The fourth-order valence-electron chi connectivity index (χ4n) is 3.27. The molecule has 0 fully saturated rings. The number of rotatable bonds is 9. The van der Waals surface area contributed by atoms with Crippen LogP contribution in [0.3, 0.4) is 0 Å². The molecule has 0 unspecified atom stereocenters. The van der Waals surface area contributed by atoms with Gasteiger partial charge >= 0.3 is 0 Å². The molecule has 154 valence electrons. The minimum Gasteiger partial charge on any atom is -0.504 e. The fourth-order valence-corrected chi connectivity index (χ4v) is 3.27. The van der Waals surface area contributed by atoms with Gasteiger partial charge in [0.1, 0.15) is 0 Å². The number of nitrogens with zero attached hydrogens (tertiary/aromatic N) is 2. The van der Waals surface area contributed by atoms with E-state index in [1.54, 1.807) is 14.2 Å². The topological polar surface area (TPSA) is 65.4 Å². The monoisotopic (exact) mass is 388 g/mol. The molecule has 0 bridgehead atoms. The first-order valence-electron chi connectivity index (χ1n) is 9.35. The smallest absolute Gasteiger partial charge is 0.162 e. The van der Waals surface area contributed by atoms with E-state index in [1.165, 1.54) is 0 Å². The summed E-state index contributed by atoms with van der Waals surface area (Å²) in [5.74, 6) is 1.41. The Hall–Kier alpha value is -2.44. The van der Waals surface area contributed by atoms with Crippen LogP contribution in [0.4, 0.5) is 0 Å². The van der Waals surface area contributed by atoms with E-state index in [0.717, 1.165) is 35.3 Å². The van der Waals surface area contributed by atoms with Gasteiger partial charge in [0.2, 0.25) is 0 Å². The van der Waals surface area contributed by atoms with E-state index in [-0.39, 0.29) is 11.5 Å². The van der Waals surface area contributed by atoms with E-state index in [0.29, 0.717) is 24.6 Å². The predicted octanol–water partition coefficient (Wildman–Crippen LogP) is 3.30. The van der Waals surface area contributed by atoms with E-state index in [4.69, 9.17) is 9.47 Å². The second kappa shape index (κ2) is 9.66. The lowest BCUT2D eigenvalue weighted by Gasteiger charge is -2.23. The van der Waals surface area contributed by atoms with Gasteiger partial charge in [0.25, 0.3) is 0 Å². The molecule has 2 N–H and O–H groups in total. The first-order valence-corrected chi connectivity index (χ1v) is 9.35. The summed E-state index contributed by atoms with van der Waals surface area (Å²) >= 11 is 0. The van der Waals surface area contributed by atoms with Crippen molar-refractivity contribution in [1.29, 1.82) is 0 Å². The Morgan fingerprint density at radius 1 is 0.714 bits per heavy atom. The molecule has 2 aromatic rings. The van der Waals surface area contributed by atoms with Crippen molar-refractivity contribution in [3.8, 4) is 23.0 Å². The number of benzene rings is 2. The molecular weight excluding hydrogens is 356 g/mol. The van der Waals surface area contributed by atoms with Gasteiger partial charge in [-0.3, -0.25) is 0 Å². The molecule has 0 aliphatic heterocycles. The zero-order valence-electron chi connectivity index (χ0n) is 17.7. The first-order chi connectivity index (χ1) is 13.2. The van der Waals surface area contributed by atoms with Crippen molar-refractivity contribution in [2.75, 3.05) is 41.4 Å². The Morgan fingerprint density at radius 2 is 1.07 bits per heavy atom. The van der Waals surface area contributed by atoms with Crippen molar-refractivity contribution in [1.82, 2.24) is 9.80 Å². The highest BCUT2D eigenvalue weighted by Crippen LogP contribution is 2.33. The normalized spacial score (nSPS) is 11.3. The Kier molecular flexibility index (Phi) is 7.54. The van der Waals surface area contributed by atoms with Crippen LogP contribution in [0.15, 0.2) is 24.3 Å². The van der Waals surface area contributed by atoms with Crippen LogP contribution < -0.4 is 9.47 Å². The summed E-state index contributed by atoms with van der Waals surface area (Å²) in [5, 5.41) is 20.7. The van der Waals surface area contributed by atoms with E-state index in [2.05, 4.69) is 9.80 Å². The molecule has 28 heavy (non-hydrogen) atoms. The third-order valence-electron chi connectivity index (χ3n) is 4.78. The lowest BCUT2D eigenvalue weighted by molar-refractivity contribution is 0.242. The van der Waals surface area contributed by atoms with Gasteiger partial charge in [0.15, 0.2) is 23.0 Å². The molecule has 0 saturated heterocycles. The molecule has 0 saturated carbocycles. The van der Waals surface area contributed by atoms with Crippen LogP contribution in [0.5, 0.6) is 23.0 Å². The summed E-state index contributed by atoms with van der Waals surface area (Å²) in [7, 11) is 7.17. The number of methoxy groups -OCH3 is 2. The van der Waals surface area contributed by atoms with Gasteiger partial charge in [-0.05, 0) is 51.2 Å². The van der Waals surface area contributed by atoms with Crippen LogP contribution in [0, 0.1) is 13.8 Å². The van der Waals surface area contributed by atoms with Gasteiger partial charge < -0.3 is 29.5 Å². The Morgan fingerprint density at radius 3 is 1.39 bits per heavy atom. The number of phenolic OH excluding ortho intramolecular Hbond substituents is 2. The SMILES string of the molecule is COc1cc(C)cc(CN(C)CCN(C)Cc2cc(C)cc(OC)c2O)c1O. The molecular formula is C22H32N2O4. The zero-order valence-corrected chi connectivity index (χ0v) is 17.7. The largest absolute Gasteiger partial charge is 0.504 e. The van der Waals surface area contributed by atoms with Crippen LogP contribution in [0.1, 0.15) is 22.3 Å². The lowest BCUT2D eigenvalue weighted by Crippen LogP contribution is -2.30. The molecule has 0 atom stereocenters. The molecule has 0 heterocycles. The number of aromatic hydroxyl groups is 2. The molecule has 0 amide bonds. The average molecular weight is 389 g/mol. The number of hydrogen-bond donors (Lipinski definition) is 2. The molecule has 0 spiro atoms. The maximum Gasteiger partial charge on any atom is 0.162 e. The molecule has 2 aromatic carbocycles. The summed E-state index contributed by atoms with van der Waals surface area (Å²) in [4.78, 5) is 4.31. The minimum atomic E-state index is 0.199. The first kappa shape index (κ1) is 21.9. The van der Waals surface area contributed by atoms with Crippen molar-refractivity contribution in [2.45, 2.75) is 26.9 Å². The predicted molar refractivity (Wildman–Crippen MR) is 111 cm³/mol. The maximum absolute atomic E-state index is 10.3. The Bertz CT molecular complexity index is 740. The molecule has 0 aromatic heterocycles. The number of phenols is 2. The second-order valence-corrected chi connectivity index (χ2v) is 7.43. The maximum atomic E-state index is 10.3. The van der Waals surface area contributed by atoms with Crippen molar-refractivity contribution in [2.24, 2.45) is 0 Å². The highest BCUT2D eigenvalue weighted by atomic mass is 16.5. The fraction of sp³-hybridized carbons (Fsp3) is 0.455. The van der Waals surface area contributed by atoms with Crippen molar-refractivity contribution < 1.29 is 19.7 Å². The zero-order chi connectivity index (χ0) is 20.8. The van der Waals surface area contributed by atoms with Crippen molar-refractivity contribution in [3.05, 3.63) is 46.5 Å². The second-order valence-electron chi connectivity index (χ2n) is 7.43. The summed E-state index contributed by atoms with van der Waals surface area (Å²) in [6.07, 6.45) is 0. The summed E-state index contributed by atoms with van der Waals surface area (Å²) in [6, 6.07) is 7.62. The van der Waals surface area contributed by atoms with Crippen LogP contribution in [-0.2, 0) is 13.1 Å². The number of likely N-dealkylation sites (N-methyl/N-ethyl adjacent to an activating group) is 2. The molecule has 6 heteroatoms. The molecule has 0 radical (unpaired) electrons. The van der Waals surface area contributed by atoms with Gasteiger partial charge in [-0.1, -0.05) is 12.1 Å². The summed E-state index contributed by atoms with van der Waals surface area (Å²) < 4.78 is 10.5. The van der Waals surface area contributed by atoms with Gasteiger partial charge in [-0.25, -0.2) is 0 Å². The van der Waals surface area contributed by atoms with Crippen molar-refractivity contribution in [3.63, 3.8) is 0 Å². The highest BCUT2D eigenvalue weighted by Gasteiger charge is 2.14. The Labute approximate surface area is 167 Å². The molecule has 0 aliphatic carbocycles.